The van der Waals surface area contributed by atoms with Gasteiger partial charge in [-0.15, -0.1) is 22.9 Å². The van der Waals surface area contributed by atoms with E-state index in [1.54, 1.807) is 10.4 Å². The Hall–Kier alpha value is -0.100. The van der Waals surface area contributed by atoms with Crippen molar-refractivity contribution >= 4 is 33.0 Å². The first kappa shape index (κ1) is 15.3. The molecule has 0 aliphatic carbocycles. The Morgan fingerprint density at radius 3 is 2.53 bits per heavy atom. The first-order valence-corrected chi connectivity index (χ1v) is 9.37. The van der Waals surface area contributed by atoms with Gasteiger partial charge in [-0.25, -0.2) is 8.42 Å². The molecule has 2 atom stereocenters. The third kappa shape index (κ3) is 3.51. The van der Waals surface area contributed by atoms with Crippen LogP contribution in [0.25, 0.3) is 0 Å². The van der Waals surface area contributed by atoms with Gasteiger partial charge in [-0.2, -0.15) is 4.31 Å². The summed E-state index contributed by atoms with van der Waals surface area (Å²) >= 11 is 7.04. The molecule has 0 saturated carbocycles. The lowest BCUT2D eigenvalue weighted by molar-refractivity contribution is 0.223. The Bertz CT molecular complexity index is 517. The number of rotatable bonds is 4. The van der Waals surface area contributed by atoms with Gasteiger partial charge < -0.3 is 0 Å². The molecule has 1 aromatic heterocycles. The molecule has 1 aliphatic rings. The molecule has 0 aromatic carbocycles. The summed E-state index contributed by atoms with van der Waals surface area (Å²) in [7, 11) is -3.32. The van der Waals surface area contributed by atoms with Gasteiger partial charge in [0.1, 0.15) is 4.21 Å². The maximum Gasteiger partial charge on any atom is 0.252 e. The number of aryl methyl sites for hydroxylation is 1. The summed E-state index contributed by atoms with van der Waals surface area (Å²) in [5.74, 6) is 1.39. The fourth-order valence-corrected chi connectivity index (χ4v) is 6.16. The monoisotopic (exact) mass is 321 g/mol. The van der Waals surface area contributed by atoms with Crippen molar-refractivity contribution in [1.82, 2.24) is 4.31 Å². The summed E-state index contributed by atoms with van der Waals surface area (Å²) in [4.78, 5) is 1.03. The van der Waals surface area contributed by atoms with Crippen LogP contribution in [0.1, 0.15) is 25.1 Å². The van der Waals surface area contributed by atoms with Crippen LogP contribution < -0.4 is 0 Å². The van der Waals surface area contributed by atoms with Gasteiger partial charge in [0, 0.05) is 23.8 Å². The number of alkyl halides is 1. The minimum Gasteiger partial charge on any atom is -0.206 e. The summed E-state index contributed by atoms with van der Waals surface area (Å²) in [6.45, 7) is 5.50. The van der Waals surface area contributed by atoms with E-state index in [1.807, 2.05) is 6.07 Å². The molecule has 0 radical (unpaired) electrons. The first-order chi connectivity index (χ1) is 8.93. The molecule has 6 heteroatoms. The molecular formula is C13H20ClNO2S2. The molecule has 0 spiro atoms. The summed E-state index contributed by atoms with van der Waals surface area (Å²) in [5, 5.41) is 0. The Morgan fingerprint density at radius 2 is 1.95 bits per heavy atom. The summed E-state index contributed by atoms with van der Waals surface area (Å²) in [6.07, 6.45) is 1.84. The van der Waals surface area contributed by atoms with Crippen LogP contribution in [0.15, 0.2) is 16.3 Å². The Kier molecular flexibility index (Phi) is 4.93. The molecule has 2 rings (SSSR count). The van der Waals surface area contributed by atoms with Crippen molar-refractivity contribution in [2.24, 2.45) is 11.8 Å². The van der Waals surface area contributed by atoms with Crippen molar-refractivity contribution in [3.05, 3.63) is 17.0 Å². The Morgan fingerprint density at radius 1 is 1.32 bits per heavy atom. The second kappa shape index (κ2) is 6.12. The topological polar surface area (TPSA) is 37.4 Å². The maximum atomic E-state index is 12.6. The summed E-state index contributed by atoms with van der Waals surface area (Å²) in [6, 6.07) is 3.59. The highest BCUT2D eigenvalue weighted by atomic mass is 35.5. The van der Waals surface area contributed by atoms with Crippen molar-refractivity contribution in [1.29, 1.82) is 0 Å². The SMILES string of the molecule is CC1CC(C)CN(S(=O)(=O)c2ccc(CCCl)s2)C1. The van der Waals surface area contributed by atoms with E-state index in [0.29, 0.717) is 35.0 Å². The minimum atomic E-state index is -3.32. The highest BCUT2D eigenvalue weighted by Crippen LogP contribution is 2.30. The highest BCUT2D eigenvalue weighted by molar-refractivity contribution is 7.91. The van der Waals surface area contributed by atoms with Gasteiger partial charge in [-0.1, -0.05) is 13.8 Å². The standard InChI is InChI=1S/C13H20ClNO2S2/c1-10-7-11(2)9-15(8-10)19(16,17)13-4-3-12(18-13)5-6-14/h3-4,10-11H,5-9H2,1-2H3. The summed E-state index contributed by atoms with van der Waals surface area (Å²) in [5.41, 5.74) is 0. The lowest BCUT2D eigenvalue weighted by Gasteiger charge is -2.33. The zero-order valence-corrected chi connectivity index (χ0v) is 13.7. The molecule has 108 valence electrons. The third-order valence-corrected chi connectivity index (χ3v) is 7.04. The van der Waals surface area contributed by atoms with Gasteiger partial charge in [0.2, 0.25) is 0 Å². The second-order valence-corrected chi connectivity index (χ2v) is 9.14. The molecular weight excluding hydrogens is 302 g/mol. The van der Waals surface area contributed by atoms with Crippen LogP contribution in [0.4, 0.5) is 0 Å². The zero-order valence-electron chi connectivity index (χ0n) is 11.3. The molecule has 2 heterocycles. The van der Waals surface area contributed by atoms with Gasteiger partial charge >= 0.3 is 0 Å². The van der Waals surface area contributed by atoms with E-state index >= 15 is 0 Å². The van der Waals surface area contributed by atoms with E-state index in [1.165, 1.54) is 11.3 Å². The number of sulfonamides is 1. The number of thiophene rings is 1. The highest BCUT2D eigenvalue weighted by Gasteiger charge is 2.32. The van der Waals surface area contributed by atoms with E-state index in [0.717, 1.165) is 17.7 Å². The largest absolute Gasteiger partial charge is 0.252 e. The Labute approximate surface area is 124 Å². The van der Waals surface area contributed by atoms with Crippen LogP contribution in [0, 0.1) is 11.8 Å². The van der Waals surface area contributed by atoms with E-state index in [9.17, 15) is 8.42 Å². The third-order valence-electron chi connectivity index (χ3n) is 3.41. The van der Waals surface area contributed by atoms with Gasteiger partial charge in [-0.05, 0) is 36.8 Å². The quantitative estimate of drug-likeness (QED) is 0.799. The molecule has 1 saturated heterocycles. The minimum absolute atomic E-state index is 0.431. The average Bonchev–Trinajstić information content (AvgIpc) is 2.77. The number of hydrogen-bond donors (Lipinski definition) is 0. The van der Waals surface area contributed by atoms with Crippen molar-refractivity contribution in [3.63, 3.8) is 0 Å². The number of halogens is 1. The molecule has 0 bridgehead atoms. The van der Waals surface area contributed by atoms with Crippen molar-refractivity contribution in [2.45, 2.75) is 30.9 Å². The molecule has 1 aliphatic heterocycles. The van der Waals surface area contributed by atoms with E-state index < -0.39 is 10.0 Å². The predicted molar refractivity (Wildman–Crippen MR) is 80.4 cm³/mol. The molecule has 1 fully saturated rings. The van der Waals surface area contributed by atoms with E-state index in [2.05, 4.69) is 13.8 Å². The molecule has 1 aromatic rings. The van der Waals surface area contributed by atoms with Gasteiger partial charge in [0.05, 0.1) is 0 Å². The van der Waals surface area contributed by atoms with Crippen LogP contribution in [-0.4, -0.2) is 31.7 Å². The lowest BCUT2D eigenvalue weighted by Crippen LogP contribution is -2.42. The van der Waals surface area contributed by atoms with Crippen molar-refractivity contribution < 1.29 is 8.42 Å². The van der Waals surface area contributed by atoms with E-state index in [-0.39, 0.29) is 0 Å². The first-order valence-electron chi connectivity index (χ1n) is 6.58. The molecule has 3 nitrogen and oxygen atoms in total. The van der Waals surface area contributed by atoms with Crippen LogP contribution in [0.3, 0.4) is 0 Å². The van der Waals surface area contributed by atoms with Gasteiger partial charge in [-0.3, -0.25) is 0 Å². The van der Waals surface area contributed by atoms with Crippen molar-refractivity contribution in [3.8, 4) is 0 Å². The lowest BCUT2D eigenvalue weighted by atomic mass is 9.94. The fourth-order valence-electron chi connectivity index (χ4n) is 2.65. The number of piperidine rings is 1. The maximum absolute atomic E-state index is 12.6. The van der Waals surface area contributed by atoms with Crippen LogP contribution in [0.2, 0.25) is 0 Å². The fraction of sp³-hybridized carbons (Fsp3) is 0.692. The predicted octanol–water partition coefficient (Wildman–Crippen LogP) is 3.20. The van der Waals surface area contributed by atoms with Gasteiger partial charge in [0.25, 0.3) is 10.0 Å². The van der Waals surface area contributed by atoms with Crippen molar-refractivity contribution in [2.75, 3.05) is 19.0 Å². The van der Waals surface area contributed by atoms with Crippen LogP contribution >= 0.6 is 22.9 Å². The molecule has 19 heavy (non-hydrogen) atoms. The molecule has 2 unspecified atom stereocenters. The average molecular weight is 322 g/mol. The van der Waals surface area contributed by atoms with Crippen LogP contribution in [0.5, 0.6) is 0 Å². The smallest absolute Gasteiger partial charge is 0.206 e. The van der Waals surface area contributed by atoms with E-state index in [4.69, 9.17) is 11.6 Å². The zero-order chi connectivity index (χ0) is 14.0. The number of nitrogens with zero attached hydrogens (tertiary/aromatic N) is 1. The summed E-state index contributed by atoms with van der Waals surface area (Å²) < 4.78 is 27.3. The second-order valence-electron chi connectivity index (χ2n) is 5.43. The molecule has 0 amide bonds. The Balaban J connectivity index is 2.20. The van der Waals surface area contributed by atoms with Gasteiger partial charge in [0.15, 0.2) is 0 Å². The van der Waals surface area contributed by atoms with Crippen LogP contribution in [-0.2, 0) is 16.4 Å². The normalized spacial score (nSPS) is 25.6. The molecule has 0 N–H and O–H groups in total. The number of hydrogen-bond acceptors (Lipinski definition) is 3.